The lowest BCUT2D eigenvalue weighted by atomic mass is 10.1. The molecule has 0 fully saturated rings. The highest BCUT2D eigenvalue weighted by atomic mass is 35.5. The van der Waals surface area contributed by atoms with Crippen molar-refractivity contribution >= 4 is 72.9 Å². The second-order valence-electron chi connectivity index (χ2n) is 7.20. The fraction of sp³-hybridized carbons (Fsp3) is 0.125. The van der Waals surface area contributed by atoms with E-state index in [9.17, 15) is 4.79 Å². The molecule has 2 aromatic carbocycles. The van der Waals surface area contributed by atoms with Crippen LogP contribution < -0.4 is 4.80 Å². The van der Waals surface area contributed by atoms with Crippen molar-refractivity contribution in [2.45, 2.75) is 6.54 Å². The largest absolute Gasteiger partial charge is 0.383 e. The van der Waals surface area contributed by atoms with Gasteiger partial charge in [-0.2, -0.15) is 4.99 Å². The van der Waals surface area contributed by atoms with E-state index in [0.717, 1.165) is 31.7 Å². The van der Waals surface area contributed by atoms with E-state index in [4.69, 9.17) is 32.9 Å². The molecule has 0 radical (unpaired) electrons. The quantitative estimate of drug-likeness (QED) is 0.263. The van der Waals surface area contributed by atoms with E-state index in [1.54, 1.807) is 24.5 Å². The van der Waals surface area contributed by atoms with Gasteiger partial charge >= 0.3 is 0 Å². The lowest BCUT2D eigenvalue weighted by Gasteiger charge is -2.08. The molecule has 166 valence electrons. The maximum absolute atomic E-state index is 13.5. The van der Waals surface area contributed by atoms with Crippen molar-refractivity contribution in [3.8, 4) is 10.6 Å². The van der Waals surface area contributed by atoms with Crippen LogP contribution in [-0.2, 0) is 11.3 Å². The van der Waals surface area contributed by atoms with E-state index < -0.39 is 0 Å². The van der Waals surface area contributed by atoms with Crippen LogP contribution >= 0.6 is 45.9 Å². The second kappa shape index (κ2) is 9.37. The number of methoxy groups -OCH3 is 1. The summed E-state index contributed by atoms with van der Waals surface area (Å²) in [6.45, 7) is 0.928. The summed E-state index contributed by atoms with van der Waals surface area (Å²) in [7, 11) is 1.63. The van der Waals surface area contributed by atoms with Gasteiger partial charge in [-0.05, 0) is 35.7 Å². The number of carbonyl (C=O) groups is 1. The summed E-state index contributed by atoms with van der Waals surface area (Å²) in [5, 5.41) is 3.64. The van der Waals surface area contributed by atoms with Crippen molar-refractivity contribution in [1.29, 1.82) is 0 Å². The van der Waals surface area contributed by atoms with E-state index in [-0.39, 0.29) is 5.91 Å². The zero-order valence-corrected chi connectivity index (χ0v) is 20.6. The Hall–Kier alpha value is -2.55. The number of rotatable bonds is 5. The molecule has 0 spiro atoms. The average Bonchev–Trinajstić information content (AvgIpc) is 3.48. The molecule has 0 saturated heterocycles. The van der Waals surface area contributed by atoms with Gasteiger partial charge in [-0.3, -0.25) is 4.79 Å². The molecule has 0 bridgehead atoms. The Balaban J connectivity index is 1.71. The Labute approximate surface area is 207 Å². The lowest BCUT2D eigenvalue weighted by molar-refractivity contribution is 0.0999. The van der Waals surface area contributed by atoms with E-state index in [0.29, 0.717) is 33.6 Å². The zero-order valence-electron chi connectivity index (χ0n) is 17.4. The molecule has 0 aliphatic heterocycles. The van der Waals surface area contributed by atoms with E-state index in [1.165, 1.54) is 11.3 Å². The van der Waals surface area contributed by atoms with Crippen LogP contribution in [0.5, 0.6) is 0 Å². The van der Waals surface area contributed by atoms with Crippen LogP contribution in [0.15, 0.2) is 65.0 Å². The summed E-state index contributed by atoms with van der Waals surface area (Å²) in [5.74, 6) is -0.341. The summed E-state index contributed by atoms with van der Waals surface area (Å²) < 4.78 is 8.05. The van der Waals surface area contributed by atoms with Gasteiger partial charge in [0, 0.05) is 19.0 Å². The van der Waals surface area contributed by atoms with Crippen LogP contribution in [0.2, 0.25) is 10.0 Å². The second-order valence-corrected chi connectivity index (χ2v) is 9.95. The molecule has 5 aromatic rings. The van der Waals surface area contributed by atoms with Crippen LogP contribution in [0, 0.1) is 0 Å². The third-order valence-electron chi connectivity index (χ3n) is 5.17. The van der Waals surface area contributed by atoms with Gasteiger partial charge in [0.2, 0.25) is 0 Å². The maximum atomic E-state index is 13.5. The first-order valence-electron chi connectivity index (χ1n) is 10.1. The first-order valence-corrected chi connectivity index (χ1v) is 12.5. The Morgan fingerprint density at radius 2 is 2.00 bits per heavy atom. The van der Waals surface area contributed by atoms with E-state index >= 15 is 0 Å². The maximum Gasteiger partial charge on any atom is 0.280 e. The van der Waals surface area contributed by atoms with E-state index in [1.807, 2.05) is 58.5 Å². The molecule has 1 amide bonds. The number of benzene rings is 2. The molecule has 9 heteroatoms. The van der Waals surface area contributed by atoms with E-state index in [2.05, 4.69) is 4.99 Å². The van der Waals surface area contributed by atoms with Crippen LogP contribution in [-0.4, -0.2) is 29.2 Å². The smallest absolute Gasteiger partial charge is 0.280 e. The number of amides is 1. The van der Waals surface area contributed by atoms with Crippen LogP contribution in [0.3, 0.4) is 0 Å². The van der Waals surface area contributed by atoms with Crippen molar-refractivity contribution in [2.75, 3.05) is 13.7 Å². The van der Waals surface area contributed by atoms with Gasteiger partial charge in [-0.15, -0.1) is 11.3 Å². The summed E-state index contributed by atoms with van der Waals surface area (Å²) in [6.07, 6.45) is 0. The molecule has 5 nitrogen and oxygen atoms in total. The van der Waals surface area contributed by atoms with Crippen molar-refractivity contribution < 1.29 is 9.53 Å². The van der Waals surface area contributed by atoms with Gasteiger partial charge in [0.05, 0.1) is 48.5 Å². The minimum atomic E-state index is -0.341. The molecule has 5 rings (SSSR count). The number of ether oxygens (including phenoxy) is 1. The number of fused-ring (bicyclic) bond motifs is 2. The Bertz CT molecular complexity index is 1560. The first-order chi connectivity index (χ1) is 16.1. The highest BCUT2D eigenvalue weighted by Crippen LogP contribution is 2.32. The number of pyridine rings is 1. The molecule has 0 unspecified atom stereocenters. The summed E-state index contributed by atoms with van der Waals surface area (Å²) in [4.78, 5) is 24.3. The number of thiophene rings is 1. The topological polar surface area (TPSA) is 56.5 Å². The van der Waals surface area contributed by atoms with Crippen molar-refractivity contribution in [2.24, 2.45) is 4.99 Å². The van der Waals surface area contributed by atoms with Crippen molar-refractivity contribution in [3.05, 3.63) is 80.4 Å². The third kappa shape index (κ3) is 4.23. The minimum absolute atomic E-state index is 0.341. The molecular weight excluding hydrogens is 497 g/mol. The summed E-state index contributed by atoms with van der Waals surface area (Å²) in [5.41, 5.74) is 2.75. The predicted octanol–water partition coefficient (Wildman–Crippen LogP) is 6.67. The highest BCUT2D eigenvalue weighted by Gasteiger charge is 2.17. The summed E-state index contributed by atoms with van der Waals surface area (Å²) >= 11 is 15.7. The normalized spacial score (nSPS) is 12.2. The molecule has 3 aromatic heterocycles. The molecule has 0 N–H and O–H groups in total. The molecular formula is C24H17Cl2N3O2S2. The number of carbonyl (C=O) groups excluding carboxylic acids is 1. The number of hydrogen-bond donors (Lipinski definition) is 0. The number of nitrogens with zero attached hydrogens (tertiary/aromatic N) is 3. The fourth-order valence-corrected chi connectivity index (χ4v) is 5.85. The first kappa shape index (κ1) is 22.3. The van der Waals surface area contributed by atoms with Gasteiger partial charge in [0.15, 0.2) is 4.80 Å². The molecule has 0 saturated carbocycles. The SMILES string of the molecule is COCCn1c(=NC(=O)c2cc(-c3cccs3)nc3ccccc23)sc2ccc(Cl)c(Cl)c21. The summed E-state index contributed by atoms with van der Waals surface area (Å²) in [6, 6.07) is 17.0. The van der Waals surface area contributed by atoms with Crippen LogP contribution in [0.25, 0.3) is 31.7 Å². The predicted molar refractivity (Wildman–Crippen MR) is 137 cm³/mol. The third-order valence-corrected chi connectivity index (χ3v) is 7.90. The highest BCUT2D eigenvalue weighted by molar-refractivity contribution is 7.16. The number of halogens is 2. The fourth-order valence-electron chi connectivity index (χ4n) is 3.63. The molecule has 0 aliphatic carbocycles. The molecule has 0 aliphatic rings. The number of aromatic nitrogens is 2. The van der Waals surface area contributed by atoms with Gasteiger partial charge < -0.3 is 9.30 Å². The molecule has 0 atom stereocenters. The van der Waals surface area contributed by atoms with Gasteiger partial charge in [0.25, 0.3) is 5.91 Å². The monoisotopic (exact) mass is 513 g/mol. The lowest BCUT2D eigenvalue weighted by Crippen LogP contribution is -2.19. The van der Waals surface area contributed by atoms with Crippen LogP contribution in [0.4, 0.5) is 0 Å². The van der Waals surface area contributed by atoms with Crippen LogP contribution in [0.1, 0.15) is 10.4 Å². The number of para-hydroxylation sites is 1. The Kier molecular flexibility index (Phi) is 6.32. The van der Waals surface area contributed by atoms with Crippen molar-refractivity contribution in [3.63, 3.8) is 0 Å². The standard InChI is InChI=1S/C24H17Cl2N3O2S2/c1-31-11-10-29-22-20(9-8-16(25)21(22)26)33-24(29)28-23(30)15-13-18(19-7-4-12-32-19)27-17-6-3-2-5-14(15)17/h2-9,12-13H,10-11H2,1H3. The minimum Gasteiger partial charge on any atom is -0.383 e. The number of hydrogen-bond acceptors (Lipinski definition) is 5. The van der Waals surface area contributed by atoms with Gasteiger partial charge in [0.1, 0.15) is 0 Å². The Morgan fingerprint density at radius 3 is 2.79 bits per heavy atom. The Morgan fingerprint density at radius 1 is 1.15 bits per heavy atom. The average molecular weight is 514 g/mol. The molecule has 3 heterocycles. The molecule has 33 heavy (non-hydrogen) atoms. The van der Waals surface area contributed by atoms with Gasteiger partial charge in [-0.1, -0.05) is 58.8 Å². The zero-order chi connectivity index (χ0) is 22.9. The van der Waals surface area contributed by atoms with Gasteiger partial charge in [-0.25, -0.2) is 4.98 Å². The van der Waals surface area contributed by atoms with Crippen molar-refractivity contribution in [1.82, 2.24) is 9.55 Å². The number of thiazole rings is 1.